The van der Waals surface area contributed by atoms with E-state index in [0.29, 0.717) is 31.2 Å². The molecule has 0 heterocycles. The maximum absolute atomic E-state index is 13.2. The van der Waals surface area contributed by atoms with Crippen molar-refractivity contribution in [3.05, 3.63) is 29.6 Å². The van der Waals surface area contributed by atoms with Gasteiger partial charge in [-0.2, -0.15) is 0 Å². The Morgan fingerprint density at radius 1 is 1.27 bits per heavy atom. The summed E-state index contributed by atoms with van der Waals surface area (Å²) in [7, 11) is -3.58. The van der Waals surface area contributed by atoms with Crippen molar-refractivity contribution in [3.8, 4) is 0 Å². The first kappa shape index (κ1) is 17.4. The third-order valence-corrected chi connectivity index (χ3v) is 5.42. The molecule has 0 bridgehead atoms. The van der Waals surface area contributed by atoms with E-state index in [9.17, 15) is 12.8 Å². The van der Waals surface area contributed by atoms with Crippen LogP contribution in [-0.2, 0) is 14.8 Å². The molecule has 0 aliphatic heterocycles. The van der Waals surface area contributed by atoms with Crippen LogP contribution in [-0.4, -0.2) is 27.7 Å². The topological polar surface area (TPSA) is 55.4 Å². The van der Waals surface area contributed by atoms with Crippen LogP contribution >= 0.6 is 0 Å². The molecule has 1 aliphatic rings. The molecular formula is C16H24FNO3S. The molecule has 0 saturated heterocycles. The first-order valence-electron chi connectivity index (χ1n) is 7.86. The minimum absolute atomic E-state index is 0.0969. The fourth-order valence-corrected chi connectivity index (χ4v) is 3.79. The molecule has 0 amide bonds. The summed E-state index contributed by atoms with van der Waals surface area (Å²) in [5, 5.41) is 0. The SMILES string of the molecule is Cc1cc(S(=O)(=O)NCCCOC2CCCCC2)ccc1F. The Morgan fingerprint density at radius 2 is 2.00 bits per heavy atom. The van der Waals surface area contributed by atoms with Gasteiger partial charge in [0, 0.05) is 13.2 Å². The summed E-state index contributed by atoms with van der Waals surface area (Å²) in [4.78, 5) is 0.0969. The summed E-state index contributed by atoms with van der Waals surface area (Å²) in [6, 6.07) is 3.80. The van der Waals surface area contributed by atoms with Crippen molar-refractivity contribution in [1.82, 2.24) is 4.72 Å². The molecule has 0 radical (unpaired) electrons. The van der Waals surface area contributed by atoms with Crippen LogP contribution in [0.4, 0.5) is 4.39 Å². The van der Waals surface area contributed by atoms with Crippen LogP contribution in [0.1, 0.15) is 44.1 Å². The van der Waals surface area contributed by atoms with Crippen molar-refractivity contribution >= 4 is 10.0 Å². The van der Waals surface area contributed by atoms with Gasteiger partial charge < -0.3 is 4.74 Å². The quantitative estimate of drug-likeness (QED) is 0.782. The summed E-state index contributed by atoms with van der Waals surface area (Å²) in [6.45, 7) is 2.44. The van der Waals surface area contributed by atoms with Gasteiger partial charge in [0.2, 0.25) is 10.0 Å². The first-order valence-corrected chi connectivity index (χ1v) is 9.35. The number of halogens is 1. The Labute approximate surface area is 132 Å². The molecule has 1 fully saturated rings. The standard InChI is InChI=1S/C16H24FNO3S/c1-13-12-15(8-9-16(13)17)22(19,20)18-10-5-11-21-14-6-3-2-4-7-14/h8-9,12,14,18H,2-7,10-11H2,1H3. The zero-order chi connectivity index (χ0) is 16.0. The predicted octanol–water partition coefficient (Wildman–Crippen LogP) is 3.15. The maximum Gasteiger partial charge on any atom is 0.240 e. The van der Waals surface area contributed by atoms with E-state index in [1.807, 2.05) is 0 Å². The van der Waals surface area contributed by atoms with E-state index in [-0.39, 0.29) is 4.90 Å². The van der Waals surface area contributed by atoms with E-state index >= 15 is 0 Å². The number of nitrogens with one attached hydrogen (secondary N) is 1. The Balaban J connectivity index is 1.74. The summed E-state index contributed by atoms with van der Waals surface area (Å²) < 4.78 is 45.6. The van der Waals surface area contributed by atoms with Gasteiger partial charge >= 0.3 is 0 Å². The zero-order valence-electron chi connectivity index (χ0n) is 13.0. The van der Waals surface area contributed by atoms with Crippen LogP contribution in [0.2, 0.25) is 0 Å². The van der Waals surface area contributed by atoms with Gasteiger partial charge in [0.15, 0.2) is 0 Å². The molecule has 2 rings (SSSR count). The first-order chi connectivity index (χ1) is 10.5. The van der Waals surface area contributed by atoms with Crippen LogP contribution in [0.15, 0.2) is 23.1 Å². The van der Waals surface area contributed by atoms with E-state index in [1.54, 1.807) is 6.92 Å². The van der Waals surface area contributed by atoms with Gasteiger partial charge in [0.25, 0.3) is 0 Å². The van der Waals surface area contributed by atoms with Crippen molar-refractivity contribution < 1.29 is 17.5 Å². The number of aryl methyl sites for hydroxylation is 1. The molecule has 6 heteroatoms. The van der Waals surface area contributed by atoms with E-state index in [0.717, 1.165) is 12.8 Å². The minimum Gasteiger partial charge on any atom is -0.378 e. The van der Waals surface area contributed by atoms with Crippen LogP contribution in [0, 0.1) is 12.7 Å². The summed E-state index contributed by atoms with van der Waals surface area (Å²) >= 11 is 0. The highest BCUT2D eigenvalue weighted by Gasteiger charge is 2.15. The molecule has 22 heavy (non-hydrogen) atoms. The largest absolute Gasteiger partial charge is 0.378 e. The fraction of sp³-hybridized carbons (Fsp3) is 0.625. The number of rotatable bonds is 7. The third-order valence-electron chi connectivity index (χ3n) is 3.96. The second-order valence-electron chi connectivity index (χ2n) is 5.79. The minimum atomic E-state index is -3.58. The number of sulfonamides is 1. The second-order valence-corrected chi connectivity index (χ2v) is 7.56. The molecular weight excluding hydrogens is 305 g/mol. The molecule has 1 aromatic carbocycles. The summed E-state index contributed by atoms with van der Waals surface area (Å²) in [6.07, 6.45) is 6.93. The number of ether oxygens (including phenoxy) is 1. The molecule has 0 aromatic heterocycles. The van der Waals surface area contributed by atoms with Crippen molar-refractivity contribution in [2.75, 3.05) is 13.2 Å². The molecule has 1 saturated carbocycles. The lowest BCUT2D eigenvalue weighted by molar-refractivity contribution is 0.0278. The van der Waals surface area contributed by atoms with Crippen molar-refractivity contribution in [2.45, 2.75) is 56.4 Å². The van der Waals surface area contributed by atoms with Crippen LogP contribution in [0.25, 0.3) is 0 Å². The van der Waals surface area contributed by atoms with Crippen LogP contribution in [0.5, 0.6) is 0 Å². The van der Waals surface area contributed by atoms with Gasteiger partial charge in [-0.15, -0.1) is 0 Å². The Bertz CT molecular complexity index is 583. The second kappa shape index (κ2) is 8.04. The van der Waals surface area contributed by atoms with E-state index in [2.05, 4.69) is 4.72 Å². The van der Waals surface area contributed by atoms with Crippen molar-refractivity contribution in [2.24, 2.45) is 0 Å². The van der Waals surface area contributed by atoms with Crippen molar-refractivity contribution in [1.29, 1.82) is 0 Å². The molecule has 124 valence electrons. The smallest absolute Gasteiger partial charge is 0.240 e. The average Bonchev–Trinajstić information content (AvgIpc) is 2.50. The molecule has 1 aromatic rings. The summed E-state index contributed by atoms with van der Waals surface area (Å²) in [5.41, 5.74) is 0.323. The molecule has 0 unspecified atom stereocenters. The lowest BCUT2D eigenvalue weighted by atomic mass is 9.98. The average molecular weight is 329 g/mol. The van der Waals surface area contributed by atoms with Gasteiger partial charge in [-0.05, 0) is 49.9 Å². The maximum atomic E-state index is 13.2. The third kappa shape index (κ3) is 5.04. The molecule has 1 aliphatic carbocycles. The normalized spacial score (nSPS) is 16.8. The van der Waals surface area contributed by atoms with Gasteiger partial charge in [0.1, 0.15) is 5.82 Å². The Morgan fingerprint density at radius 3 is 2.68 bits per heavy atom. The molecule has 0 atom stereocenters. The Hall–Kier alpha value is -0.980. The van der Waals surface area contributed by atoms with Gasteiger partial charge in [0.05, 0.1) is 11.0 Å². The monoisotopic (exact) mass is 329 g/mol. The lowest BCUT2D eigenvalue weighted by Crippen LogP contribution is -2.26. The highest BCUT2D eigenvalue weighted by atomic mass is 32.2. The van der Waals surface area contributed by atoms with Crippen LogP contribution < -0.4 is 4.72 Å². The zero-order valence-corrected chi connectivity index (χ0v) is 13.8. The predicted molar refractivity (Wildman–Crippen MR) is 83.8 cm³/mol. The highest BCUT2D eigenvalue weighted by Crippen LogP contribution is 2.20. The molecule has 4 nitrogen and oxygen atoms in total. The van der Waals surface area contributed by atoms with Gasteiger partial charge in [-0.1, -0.05) is 19.3 Å². The van der Waals surface area contributed by atoms with E-state index in [1.165, 1.54) is 37.5 Å². The summed E-state index contributed by atoms with van der Waals surface area (Å²) in [5.74, 6) is -0.403. The van der Waals surface area contributed by atoms with E-state index in [4.69, 9.17) is 4.74 Å². The van der Waals surface area contributed by atoms with Gasteiger partial charge in [-0.3, -0.25) is 0 Å². The van der Waals surface area contributed by atoms with E-state index < -0.39 is 15.8 Å². The Kier molecular flexibility index (Phi) is 6.35. The van der Waals surface area contributed by atoms with Gasteiger partial charge in [-0.25, -0.2) is 17.5 Å². The number of benzene rings is 1. The van der Waals surface area contributed by atoms with Crippen LogP contribution in [0.3, 0.4) is 0 Å². The van der Waals surface area contributed by atoms with Crippen molar-refractivity contribution in [3.63, 3.8) is 0 Å². The number of hydrogen-bond acceptors (Lipinski definition) is 3. The molecule has 1 N–H and O–H groups in total. The lowest BCUT2D eigenvalue weighted by Gasteiger charge is -2.21. The fourth-order valence-electron chi connectivity index (χ4n) is 2.63. The number of hydrogen-bond donors (Lipinski definition) is 1. The molecule has 0 spiro atoms. The highest BCUT2D eigenvalue weighted by molar-refractivity contribution is 7.89.